The summed E-state index contributed by atoms with van der Waals surface area (Å²) >= 11 is 0. The van der Waals surface area contributed by atoms with Gasteiger partial charge in [0.2, 0.25) is 0 Å². The highest BCUT2D eigenvalue weighted by Crippen LogP contribution is 2.16. The van der Waals surface area contributed by atoms with E-state index in [4.69, 9.17) is 4.43 Å². The van der Waals surface area contributed by atoms with Crippen LogP contribution in [-0.2, 0) is 4.43 Å². The molecule has 2 heteroatoms. The number of hydrogen-bond donors (Lipinski definition) is 0. The summed E-state index contributed by atoms with van der Waals surface area (Å²) in [7, 11) is -2.19. The molecule has 0 aliphatic heterocycles. The molecule has 0 aliphatic rings. The quantitative estimate of drug-likeness (QED) is 0.613. The van der Waals surface area contributed by atoms with Gasteiger partial charge >= 0.3 is 8.32 Å². The first kappa shape index (κ1) is 15.6. The maximum atomic E-state index is 6.34. The fourth-order valence-corrected chi connectivity index (χ4v) is 4.79. The third kappa shape index (κ3) is 4.08. The predicted molar refractivity (Wildman–Crippen MR) is 93.5 cm³/mol. The molecular formula is C19H24OSi. The number of rotatable bonds is 4. The molecule has 0 spiro atoms. The van der Waals surface area contributed by atoms with Crippen LogP contribution in [0.4, 0.5) is 0 Å². The Hall–Kier alpha value is -1.80. The smallest absolute Gasteiger partial charge is 0.310 e. The van der Waals surface area contributed by atoms with Gasteiger partial charge in [-0.15, -0.1) is 0 Å². The molecule has 0 amide bonds. The highest BCUT2D eigenvalue weighted by molar-refractivity contribution is 6.96. The van der Waals surface area contributed by atoms with E-state index < -0.39 is 8.32 Å². The largest absolute Gasteiger partial charge is 0.541 e. The molecule has 0 N–H and O–H groups in total. The van der Waals surface area contributed by atoms with Gasteiger partial charge in [0.15, 0.2) is 0 Å². The van der Waals surface area contributed by atoms with Crippen LogP contribution in [0.2, 0.25) is 6.55 Å². The van der Waals surface area contributed by atoms with Crippen molar-refractivity contribution in [1.29, 1.82) is 0 Å². The summed E-state index contributed by atoms with van der Waals surface area (Å²) in [6, 6.07) is 21.1. The van der Waals surface area contributed by atoms with Crippen LogP contribution in [0.1, 0.15) is 20.8 Å². The van der Waals surface area contributed by atoms with Crippen molar-refractivity contribution in [3.05, 3.63) is 73.0 Å². The molecule has 0 heterocycles. The highest BCUT2D eigenvalue weighted by Gasteiger charge is 2.34. The molecule has 110 valence electrons. The lowest BCUT2D eigenvalue weighted by molar-refractivity contribution is 0.461. The fraction of sp³-hybridized carbons (Fsp3) is 0.263. The first-order valence-electron chi connectivity index (χ1n) is 7.38. The van der Waals surface area contributed by atoms with Crippen LogP contribution in [0.25, 0.3) is 0 Å². The average Bonchev–Trinajstić information content (AvgIpc) is 2.47. The van der Waals surface area contributed by atoms with Crippen LogP contribution in [0, 0.1) is 5.41 Å². The van der Waals surface area contributed by atoms with Crippen LogP contribution < -0.4 is 10.4 Å². The van der Waals surface area contributed by atoms with Gasteiger partial charge in [0.1, 0.15) is 0 Å². The Morgan fingerprint density at radius 1 is 0.810 bits per heavy atom. The van der Waals surface area contributed by atoms with Gasteiger partial charge in [0.05, 0.1) is 6.26 Å². The summed E-state index contributed by atoms with van der Waals surface area (Å²) in [6.45, 7) is 8.79. The van der Waals surface area contributed by atoms with E-state index in [1.807, 2.05) is 18.4 Å². The van der Waals surface area contributed by atoms with Gasteiger partial charge in [-0.25, -0.2) is 0 Å². The molecule has 2 aromatic rings. The molecule has 0 aliphatic carbocycles. The number of hydrogen-bond acceptors (Lipinski definition) is 1. The maximum Gasteiger partial charge on any atom is 0.310 e. The summed E-state index contributed by atoms with van der Waals surface area (Å²) in [5.41, 5.74) is 0.128. The molecule has 0 aromatic heterocycles. The highest BCUT2D eigenvalue weighted by atomic mass is 28.4. The van der Waals surface area contributed by atoms with E-state index in [2.05, 4.69) is 81.9 Å². The lowest BCUT2D eigenvalue weighted by Gasteiger charge is -2.28. The molecule has 2 rings (SSSR count). The van der Waals surface area contributed by atoms with Gasteiger partial charge in [-0.05, 0) is 28.4 Å². The van der Waals surface area contributed by atoms with E-state index in [0.717, 1.165) is 0 Å². The Bertz CT molecular complexity index is 542. The Morgan fingerprint density at radius 2 is 1.24 bits per heavy atom. The van der Waals surface area contributed by atoms with Gasteiger partial charge in [-0.3, -0.25) is 0 Å². The molecule has 0 radical (unpaired) electrons. The summed E-state index contributed by atoms with van der Waals surface area (Å²) in [5.74, 6) is 0. The summed E-state index contributed by atoms with van der Waals surface area (Å²) < 4.78 is 6.34. The first-order chi connectivity index (χ1) is 9.92. The van der Waals surface area contributed by atoms with Gasteiger partial charge in [0, 0.05) is 0 Å². The van der Waals surface area contributed by atoms with Crippen molar-refractivity contribution in [3.8, 4) is 0 Å². The second-order valence-corrected chi connectivity index (χ2v) is 10.0. The van der Waals surface area contributed by atoms with Gasteiger partial charge in [0.25, 0.3) is 0 Å². The zero-order valence-corrected chi connectivity index (χ0v) is 14.3. The molecule has 21 heavy (non-hydrogen) atoms. The number of allylic oxidation sites excluding steroid dienone is 1. The Morgan fingerprint density at radius 3 is 1.62 bits per heavy atom. The van der Waals surface area contributed by atoms with E-state index >= 15 is 0 Å². The van der Waals surface area contributed by atoms with Crippen molar-refractivity contribution < 1.29 is 4.43 Å². The maximum absolute atomic E-state index is 6.34. The van der Waals surface area contributed by atoms with Crippen molar-refractivity contribution in [3.63, 3.8) is 0 Å². The van der Waals surface area contributed by atoms with Gasteiger partial charge < -0.3 is 4.43 Å². The molecule has 0 unspecified atom stereocenters. The second-order valence-electron chi connectivity index (χ2n) is 6.55. The van der Waals surface area contributed by atoms with Crippen molar-refractivity contribution >= 4 is 18.7 Å². The zero-order chi connectivity index (χ0) is 15.3. The summed E-state index contributed by atoms with van der Waals surface area (Å²) in [6.07, 6.45) is 4.02. The van der Waals surface area contributed by atoms with Crippen LogP contribution in [0.3, 0.4) is 0 Å². The lowest BCUT2D eigenvalue weighted by Crippen LogP contribution is -2.57. The van der Waals surface area contributed by atoms with E-state index in [1.165, 1.54) is 10.4 Å². The SMILES string of the molecule is CC(C)(C)/C=C/O[Si](C)(c1ccccc1)c1ccccc1. The topological polar surface area (TPSA) is 9.23 Å². The molecule has 0 bridgehead atoms. The van der Waals surface area contributed by atoms with Crippen molar-refractivity contribution in [1.82, 2.24) is 0 Å². The Balaban J connectivity index is 2.38. The standard InChI is InChI=1S/C19H24OSi/c1-19(2,3)15-16-20-21(4,17-11-7-5-8-12-17)18-13-9-6-10-14-18/h5-16H,1-4H3/b16-15+. The average molecular weight is 296 g/mol. The van der Waals surface area contributed by atoms with E-state index in [-0.39, 0.29) is 5.41 Å². The zero-order valence-electron chi connectivity index (χ0n) is 13.3. The van der Waals surface area contributed by atoms with Gasteiger partial charge in [-0.1, -0.05) is 81.4 Å². The van der Waals surface area contributed by atoms with Crippen LogP contribution >= 0.6 is 0 Å². The lowest BCUT2D eigenvalue weighted by atomic mass is 9.98. The van der Waals surface area contributed by atoms with Crippen LogP contribution in [-0.4, -0.2) is 8.32 Å². The van der Waals surface area contributed by atoms with E-state index in [0.29, 0.717) is 0 Å². The minimum Gasteiger partial charge on any atom is -0.541 e. The molecule has 0 atom stereocenters. The number of benzene rings is 2. The molecule has 0 saturated heterocycles. The van der Waals surface area contributed by atoms with Gasteiger partial charge in [-0.2, -0.15) is 0 Å². The third-order valence-corrected chi connectivity index (χ3v) is 7.00. The molecule has 0 saturated carbocycles. The predicted octanol–water partition coefficient (Wildman–Crippen LogP) is 3.95. The van der Waals surface area contributed by atoms with Crippen LogP contribution in [0.5, 0.6) is 0 Å². The summed E-state index contributed by atoms with van der Waals surface area (Å²) in [4.78, 5) is 0. The van der Waals surface area contributed by atoms with Crippen molar-refractivity contribution in [2.45, 2.75) is 27.3 Å². The summed E-state index contributed by atoms with van der Waals surface area (Å²) in [5, 5.41) is 2.57. The third-order valence-electron chi connectivity index (χ3n) is 3.52. The van der Waals surface area contributed by atoms with E-state index in [9.17, 15) is 0 Å². The molecule has 1 nitrogen and oxygen atoms in total. The minimum absolute atomic E-state index is 0.128. The van der Waals surface area contributed by atoms with Crippen molar-refractivity contribution in [2.24, 2.45) is 5.41 Å². The first-order valence-corrected chi connectivity index (χ1v) is 9.79. The second kappa shape index (κ2) is 6.31. The minimum atomic E-state index is -2.19. The molecule has 0 fully saturated rings. The normalized spacial score (nSPS) is 12.6. The fourth-order valence-electron chi connectivity index (χ4n) is 2.19. The Labute approximate surface area is 129 Å². The van der Waals surface area contributed by atoms with E-state index in [1.54, 1.807) is 0 Å². The Kier molecular flexibility index (Phi) is 4.68. The molecule has 2 aromatic carbocycles. The monoisotopic (exact) mass is 296 g/mol. The molecular weight excluding hydrogens is 272 g/mol. The van der Waals surface area contributed by atoms with Crippen LogP contribution in [0.15, 0.2) is 73.0 Å². The van der Waals surface area contributed by atoms with Crippen molar-refractivity contribution in [2.75, 3.05) is 0 Å².